The summed E-state index contributed by atoms with van der Waals surface area (Å²) >= 11 is 1.83. The predicted molar refractivity (Wildman–Crippen MR) is 89.6 cm³/mol. The van der Waals surface area contributed by atoms with Gasteiger partial charge in [-0.2, -0.15) is 0 Å². The van der Waals surface area contributed by atoms with Crippen molar-refractivity contribution in [2.24, 2.45) is 0 Å². The number of nitrogens with one attached hydrogen (secondary N) is 1. The van der Waals surface area contributed by atoms with E-state index in [0.29, 0.717) is 6.04 Å². The summed E-state index contributed by atoms with van der Waals surface area (Å²) in [6.45, 7) is 4.13. The molecule has 0 fully saturated rings. The molecule has 0 aromatic heterocycles. The molecule has 1 nitrogen and oxygen atoms in total. The zero-order valence-electron chi connectivity index (χ0n) is 12.8. The van der Waals surface area contributed by atoms with Gasteiger partial charge < -0.3 is 5.32 Å². The topological polar surface area (TPSA) is 12.0 Å². The molecular formula is C18H22FNS. The van der Waals surface area contributed by atoms with E-state index in [1.165, 1.54) is 16.5 Å². The van der Waals surface area contributed by atoms with Crippen LogP contribution in [-0.4, -0.2) is 18.8 Å². The van der Waals surface area contributed by atoms with Crippen LogP contribution in [0, 0.1) is 19.7 Å². The van der Waals surface area contributed by atoms with Crippen molar-refractivity contribution in [3.05, 3.63) is 65.0 Å². The summed E-state index contributed by atoms with van der Waals surface area (Å²) in [6.07, 6.45) is 0.846. The Kier molecular flexibility index (Phi) is 5.83. The molecule has 112 valence electrons. The predicted octanol–water partition coefficient (Wildman–Crippen LogP) is 4.37. The zero-order valence-corrected chi connectivity index (χ0v) is 13.6. The van der Waals surface area contributed by atoms with Gasteiger partial charge in [-0.3, -0.25) is 0 Å². The first-order chi connectivity index (χ1) is 10.1. The minimum Gasteiger partial charge on any atom is -0.316 e. The van der Waals surface area contributed by atoms with Crippen molar-refractivity contribution in [2.45, 2.75) is 31.2 Å². The molecule has 0 aliphatic heterocycles. The maximum Gasteiger partial charge on any atom is 0.123 e. The molecule has 1 unspecified atom stereocenters. The van der Waals surface area contributed by atoms with E-state index >= 15 is 0 Å². The van der Waals surface area contributed by atoms with Crippen molar-refractivity contribution >= 4 is 11.8 Å². The molecule has 0 aliphatic rings. The Bertz CT molecular complexity index is 580. The van der Waals surface area contributed by atoms with E-state index in [0.717, 1.165) is 23.3 Å². The van der Waals surface area contributed by atoms with Crippen LogP contribution < -0.4 is 5.32 Å². The molecule has 2 aromatic rings. The number of halogens is 1. The Morgan fingerprint density at radius 3 is 2.48 bits per heavy atom. The molecule has 2 rings (SSSR count). The molecule has 3 heteroatoms. The number of benzene rings is 2. The Morgan fingerprint density at radius 1 is 1.10 bits per heavy atom. The van der Waals surface area contributed by atoms with Gasteiger partial charge in [-0.25, -0.2) is 4.39 Å². The number of thioether (sulfide) groups is 1. The molecule has 0 radical (unpaired) electrons. The second-order valence-corrected chi connectivity index (χ2v) is 6.48. The van der Waals surface area contributed by atoms with E-state index in [9.17, 15) is 4.39 Å². The van der Waals surface area contributed by atoms with Crippen LogP contribution in [0.25, 0.3) is 0 Å². The van der Waals surface area contributed by atoms with Crippen molar-refractivity contribution in [1.82, 2.24) is 5.32 Å². The number of likely N-dealkylation sites (N-methyl/N-ethyl adjacent to an activating group) is 1. The van der Waals surface area contributed by atoms with Crippen molar-refractivity contribution in [3.8, 4) is 0 Å². The van der Waals surface area contributed by atoms with Crippen molar-refractivity contribution in [1.29, 1.82) is 0 Å². The zero-order chi connectivity index (χ0) is 15.2. The molecule has 0 amide bonds. The molecule has 0 saturated heterocycles. The highest BCUT2D eigenvalue weighted by Crippen LogP contribution is 2.21. The SMILES string of the molecule is CNC(CSc1ccc(C)cc1)Cc1cc(F)ccc1C. The second kappa shape index (κ2) is 7.62. The highest BCUT2D eigenvalue weighted by Gasteiger charge is 2.10. The van der Waals surface area contributed by atoms with Gasteiger partial charge in [0.1, 0.15) is 5.82 Å². The van der Waals surface area contributed by atoms with Crippen LogP contribution in [0.5, 0.6) is 0 Å². The first kappa shape index (κ1) is 16.1. The summed E-state index contributed by atoms with van der Waals surface area (Å²) in [5.74, 6) is 0.812. The lowest BCUT2D eigenvalue weighted by Crippen LogP contribution is -2.30. The van der Waals surface area contributed by atoms with Gasteiger partial charge in [0.15, 0.2) is 0 Å². The van der Waals surface area contributed by atoms with Crippen LogP contribution in [0.15, 0.2) is 47.4 Å². The van der Waals surface area contributed by atoms with Crippen molar-refractivity contribution in [2.75, 3.05) is 12.8 Å². The first-order valence-electron chi connectivity index (χ1n) is 7.20. The van der Waals surface area contributed by atoms with Gasteiger partial charge in [0.2, 0.25) is 0 Å². The maximum atomic E-state index is 13.4. The van der Waals surface area contributed by atoms with Gasteiger partial charge in [0.05, 0.1) is 0 Å². The maximum absolute atomic E-state index is 13.4. The lowest BCUT2D eigenvalue weighted by molar-refractivity contribution is 0.601. The van der Waals surface area contributed by atoms with Crippen LogP contribution in [0.2, 0.25) is 0 Å². The van der Waals surface area contributed by atoms with Crippen LogP contribution in [-0.2, 0) is 6.42 Å². The van der Waals surface area contributed by atoms with Crippen molar-refractivity contribution in [3.63, 3.8) is 0 Å². The monoisotopic (exact) mass is 303 g/mol. The fraction of sp³-hybridized carbons (Fsp3) is 0.333. The summed E-state index contributed by atoms with van der Waals surface area (Å²) in [4.78, 5) is 1.27. The van der Waals surface area contributed by atoms with Gasteiger partial charge in [-0.15, -0.1) is 11.8 Å². The third-order valence-electron chi connectivity index (χ3n) is 3.66. The summed E-state index contributed by atoms with van der Waals surface area (Å²) in [5.41, 5.74) is 3.51. The third-order valence-corrected chi connectivity index (χ3v) is 4.83. The van der Waals surface area contributed by atoms with E-state index in [4.69, 9.17) is 0 Å². The standard InChI is InChI=1S/C18H22FNS/c1-13-4-8-18(9-5-13)21-12-17(20-3)11-15-10-16(19)7-6-14(15)2/h4-10,17,20H,11-12H2,1-3H3. The van der Waals surface area contributed by atoms with Gasteiger partial charge in [0.25, 0.3) is 0 Å². The molecule has 1 atom stereocenters. The van der Waals surface area contributed by atoms with E-state index in [-0.39, 0.29) is 5.82 Å². The fourth-order valence-corrected chi connectivity index (χ4v) is 3.21. The van der Waals surface area contributed by atoms with Crippen LogP contribution in [0.3, 0.4) is 0 Å². The molecule has 0 spiro atoms. The van der Waals surface area contributed by atoms with E-state index in [1.807, 2.05) is 31.8 Å². The van der Waals surface area contributed by atoms with Gasteiger partial charge >= 0.3 is 0 Å². The number of hydrogen-bond donors (Lipinski definition) is 1. The smallest absolute Gasteiger partial charge is 0.123 e. The summed E-state index contributed by atoms with van der Waals surface area (Å²) in [7, 11) is 1.97. The Balaban J connectivity index is 1.96. The molecule has 1 N–H and O–H groups in total. The molecular weight excluding hydrogens is 281 g/mol. The normalized spacial score (nSPS) is 12.4. The van der Waals surface area contributed by atoms with E-state index < -0.39 is 0 Å². The van der Waals surface area contributed by atoms with Gasteiger partial charge in [0, 0.05) is 16.7 Å². The van der Waals surface area contributed by atoms with Crippen LogP contribution in [0.4, 0.5) is 4.39 Å². The summed E-state index contributed by atoms with van der Waals surface area (Å²) in [6, 6.07) is 13.9. The summed E-state index contributed by atoms with van der Waals surface area (Å²) < 4.78 is 13.4. The lowest BCUT2D eigenvalue weighted by Gasteiger charge is -2.17. The van der Waals surface area contributed by atoms with E-state index in [1.54, 1.807) is 6.07 Å². The highest BCUT2D eigenvalue weighted by molar-refractivity contribution is 7.99. The highest BCUT2D eigenvalue weighted by atomic mass is 32.2. The third kappa shape index (κ3) is 4.87. The Morgan fingerprint density at radius 2 is 1.81 bits per heavy atom. The molecule has 0 heterocycles. The molecule has 21 heavy (non-hydrogen) atoms. The van der Waals surface area contributed by atoms with Crippen LogP contribution in [0.1, 0.15) is 16.7 Å². The fourth-order valence-electron chi connectivity index (χ4n) is 2.20. The average Bonchev–Trinajstić information content (AvgIpc) is 2.48. The van der Waals surface area contributed by atoms with Crippen molar-refractivity contribution < 1.29 is 4.39 Å². The minimum atomic E-state index is -0.156. The van der Waals surface area contributed by atoms with Crippen LogP contribution >= 0.6 is 11.8 Å². The Labute approximate surface area is 131 Å². The first-order valence-corrected chi connectivity index (χ1v) is 8.19. The second-order valence-electron chi connectivity index (χ2n) is 5.38. The Hall–Kier alpha value is -1.32. The quantitative estimate of drug-likeness (QED) is 0.796. The van der Waals surface area contributed by atoms with E-state index in [2.05, 4.69) is 36.5 Å². The molecule has 0 aliphatic carbocycles. The van der Waals surface area contributed by atoms with Gasteiger partial charge in [-0.05, 0) is 62.7 Å². The number of rotatable bonds is 6. The lowest BCUT2D eigenvalue weighted by atomic mass is 10.0. The summed E-state index contributed by atoms with van der Waals surface area (Å²) in [5, 5.41) is 3.34. The average molecular weight is 303 g/mol. The van der Waals surface area contributed by atoms with Gasteiger partial charge in [-0.1, -0.05) is 23.8 Å². The number of hydrogen-bond acceptors (Lipinski definition) is 2. The molecule has 2 aromatic carbocycles. The minimum absolute atomic E-state index is 0.156. The largest absolute Gasteiger partial charge is 0.316 e. The molecule has 0 saturated carbocycles. The molecule has 0 bridgehead atoms. The number of aryl methyl sites for hydroxylation is 2.